The Bertz CT molecular complexity index is 761. The lowest BCUT2D eigenvalue weighted by molar-refractivity contribution is 0.281. The molecule has 2 nitrogen and oxygen atoms in total. The van der Waals surface area contributed by atoms with Gasteiger partial charge < -0.3 is 4.74 Å². The molecule has 0 saturated heterocycles. The minimum Gasteiger partial charge on any atom is -0.493 e. The van der Waals surface area contributed by atoms with Crippen molar-refractivity contribution in [2.24, 2.45) is 0 Å². The summed E-state index contributed by atoms with van der Waals surface area (Å²) < 4.78 is 5.72. The van der Waals surface area contributed by atoms with Crippen molar-refractivity contribution in [3.05, 3.63) is 102 Å². The average Bonchev–Trinajstić information content (AvgIpc) is 3.10. The summed E-state index contributed by atoms with van der Waals surface area (Å²) in [4.78, 5) is 2.42. The summed E-state index contributed by atoms with van der Waals surface area (Å²) in [7, 11) is 0. The number of hydrogen-bond acceptors (Lipinski definition) is 2. The Kier molecular flexibility index (Phi) is 5.86. The first-order valence-electron chi connectivity index (χ1n) is 8.73. The van der Waals surface area contributed by atoms with E-state index >= 15 is 0 Å². The Hall–Kier alpha value is -2.58. The molecule has 1 aliphatic heterocycles. The van der Waals surface area contributed by atoms with Crippen LogP contribution in [-0.2, 0) is 19.5 Å². The van der Waals surface area contributed by atoms with E-state index in [0.29, 0.717) is 0 Å². The fraction of sp³-hybridized carbons (Fsp3) is 0.217. The molecule has 25 heavy (non-hydrogen) atoms. The van der Waals surface area contributed by atoms with Crippen LogP contribution in [0.15, 0.2) is 85.5 Å². The van der Waals surface area contributed by atoms with Crippen molar-refractivity contribution in [3.8, 4) is 5.75 Å². The van der Waals surface area contributed by atoms with Gasteiger partial charge in [0.05, 0.1) is 6.61 Å². The van der Waals surface area contributed by atoms with Crippen LogP contribution in [0.5, 0.6) is 5.75 Å². The number of ether oxygens (including phenoxy) is 1. The van der Waals surface area contributed by atoms with Gasteiger partial charge in [-0.2, -0.15) is 0 Å². The first-order valence-corrected chi connectivity index (χ1v) is 8.73. The van der Waals surface area contributed by atoms with E-state index in [1.807, 2.05) is 18.2 Å². The summed E-state index contributed by atoms with van der Waals surface area (Å²) >= 11 is 0. The molecule has 0 saturated carbocycles. The standard InChI is InChI=1S/C23H25NO/c1-3-8-19(4-2)16-24(17-20-9-6-5-7-10-20)18-21-11-12-22-13-14-25-23(22)15-21/h3-12,15H,1-2,13-14,16-18H2. The summed E-state index contributed by atoms with van der Waals surface area (Å²) in [5.74, 6) is 1.04. The lowest BCUT2D eigenvalue weighted by Crippen LogP contribution is -2.25. The van der Waals surface area contributed by atoms with Crippen molar-refractivity contribution in [1.29, 1.82) is 0 Å². The van der Waals surface area contributed by atoms with Crippen LogP contribution in [0.2, 0.25) is 0 Å². The van der Waals surface area contributed by atoms with Crippen LogP contribution in [0.4, 0.5) is 0 Å². The molecule has 2 aromatic carbocycles. The molecule has 3 rings (SSSR count). The fourth-order valence-corrected chi connectivity index (χ4v) is 3.17. The third-order valence-corrected chi connectivity index (χ3v) is 4.42. The average molecular weight is 331 g/mol. The number of rotatable bonds is 8. The molecule has 0 bridgehead atoms. The van der Waals surface area contributed by atoms with Gasteiger partial charge in [-0.25, -0.2) is 0 Å². The zero-order valence-corrected chi connectivity index (χ0v) is 14.7. The van der Waals surface area contributed by atoms with Gasteiger partial charge in [0, 0.05) is 26.1 Å². The highest BCUT2D eigenvalue weighted by Crippen LogP contribution is 2.27. The quantitative estimate of drug-likeness (QED) is 0.637. The molecule has 0 aliphatic carbocycles. The molecule has 0 unspecified atom stereocenters. The van der Waals surface area contributed by atoms with Gasteiger partial charge in [-0.05, 0) is 28.3 Å². The third kappa shape index (κ3) is 4.71. The lowest BCUT2D eigenvalue weighted by atomic mass is 10.1. The van der Waals surface area contributed by atoms with Crippen LogP contribution in [-0.4, -0.2) is 18.1 Å². The van der Waals surface area contributed by atoms with E-state index in [4.69, 9.17) is 4.74 Å². The van der Waals surface area contributed by atoms with Crippen LogP contribution in [0.25, 0.3) is 0 Å². The van der Waals surface area contributed by atoms with Crippen LogP contribution in [0.3, 0.4) is 0 Å². The number of nitrogens with zero attached hydrogens (tertiary/aromatic N) is 1. The second kappa shape index (κ2) is 8.50. The van der Waals surface area contributed by atoms with E-state index in [1.165, 1.54) is 22.3 Å². The lowest BCUT2D eigenvalue weighted by Gasteiger charge is -2.23. The molecule has 1 heterocycles. The SMILES string of the molecule is C=CC=C(C=C)CN(Cc1ccccc1)Cc1ccc2c(c1)OCC2. The van der Waals surface area contributed by atoms with Crippen molar-refractivity contribution in [2.75, 3.05) is 13.2 Å². The maximum Gasteiger partial charge on any atom is 0.122 e. The second-order valence-electron chi connectivity index (χ2n) is 6.35. The van der Waals surface area contributed by atoms with Gasteiger partial charge in [-0.15, -0.1) is 0 Å². The predicted molar refractivity (Wildman–Crippen MR) is 105 cm³/mol. The zero-order chi connectivity index (χ0) is 17.5. The van der Waals surface area contributed by atoms with E-state index in [2.05, 4.69) is 66.6 Å². The maximum atomic E-state index is 5.72. The van der Waals surface area contributed by atoms with Crippen molar-refractivity contribution >= 4 is 0 Å². The van der Waals surface area contributed by atoms with Gasteiger partial charge in [-0.1, -0.05) is 73.9 Å². The van der Waals surface area contributed by atoms with Crippen molar-refractivity contribution in [1.82, 2.24) is 4.90 Å². The van der Waals surface area contributed by atoms with Crippen molar-refractivity contribution in [3.63, 3.8) is 0 Å². The predicted octanol–water partition coefficient (Wildman–Crippen LogP) is 4.92. The van der Waals surface area contributed by atoms with Crippen molar-refractivity contribution in [2.45, 2.75) is 19.5 Å². The molecule has 0 N–H and O–H groups in total. The summed E-state index contributed by atoms with van der Waals surface area (Å²) in [6.45, 7) is 11.1. The summed E-state index contributed by atoms with van der Waals surface area (Å²) in [5, 5.41) is 0. The Balaban J connectivity index is 1.78. The van der Waals surface area contributed by atoms with Gasteiger partial charge in [0.25, 0.3) is 0 Å². The Labute approximate surface area is 150 Å². The highest BCUT2D eigenvalue weighted by molar-refractivity contribution is 5.40. The van der Waals surface area contributed by atoms with E-state index < -0.39 is 0 Å². The van der Waals surface area contributed by atoms with Gasteiger partial charge in [0.1, 0.15) is 5.75 Å². The first-order chi connectivity index (χ1) is 12.3. The molecule has 0 radical (unpaired) electrons. The molecule has 0 fully saturated rings. The second-order valence-corrected chi connectivity index (χ2v) is 6.35. The van der Waals surface area contributed by atoms with Gasteiger partial charge in [0.2, 0.25) is 0 Å². The normalized spacial score (nSPS) is 13.4. The fourth-order valence-electron chi connectivity index (χ4n) is 3.17. The number of fused-ring (bicyclic) bond motifs is 1. The van der Waals surface area contributed by atoms with E-state index in [9.17, 15) is 0 Å². The van der Waals surface area contributed by atoms with E-state index in [-0.39, 0.29) is 0 Å². The van der Waals surface area contributed by atoms with Gasteiger partial charge in [-0.3, -0.25) is 4.90 Å². The maximum absolute atomic E-state index is 5.72. The molecular weight excluding hydrogens is 306 g/mol. The van der Waals surface area contributed by atoms with Gasteiger partial charge in [0.15, 0.2) is 0 Å². The molecule has 128 valence electrons. The Morgan fingerprint density at radius 2 is 1.84 bits per heavy atom. The van der Waals surface area contributed by atoms with E-state index in [1.54, 1.807) is 0 Å². The van der Waals surface area contributed by atoms with Crippen LogP contribution in [0, 0.1) is 0 Å². The minimum absolute atomic E-state index is 0.801. The molecule has 2 heteroatoms. The molecule has 0 aromatic heterocycles. The summed E-state index contributed by atoms with van der Waals surface area (Å²) in [5.41, 5.74) is 5.07. The monoisotopic (exact) mass is 331 g/mol. The van der Waals surface area contributed by atoms with E-state index in [0.717, 1.165) is 38.4 Å². The van der Waals surface area contributed by atoms with Gasteiger partial charge >= 0.3 is 0 Å². The van der Waals surface area contributed by atoms with Crippen LogP contribution < -0.4 is 4.74 Å². The largest absolute Gasteiger partial charge is 0.493 e. The molecular formula is C23H25NO. The topological polar surface area (TPSA) is 12.5 Å². The minimum atomic E-state index is 0.801. The highest BCUT2D eigenvalue weighted by Gasteiger charge is 2.14. The van der Waals surface area contributed by atoms with Crippen LogP contribution >= 0.6 is 0 Å². The highest BCUT2D eigenvalue weighted by atomic mass is 16.5. The molecule has 0 atom stereocenters. The molecule has 0 amide bonds. The molecule has 1 aliphatic rings. The van der Waals surface area contributed by atoms with Crippen molar-refractivity contribution < 1.29 is 4.74 Å². The zero-order valence-electron chi connectivity index (χ0n) is 14.7. The Morgan fingerprint density at radius 1 is 1.04 bits per heavy atom. The van der Waals surface area contributed by atoms with Crippen LogP contribution in [0.1, 0.15) is 16.7 Å². The molecule has 0 spiro atoms. The Morgan fingerprint density at radius 3 is 2.60 bits per heavy atom. The smallest absolute Gasteiger partial charge is 0.122 e. The third-order valence-electron chi connectivity index (χ3n) is 4.42. The number of hydrogen-bond donors (Lipinski definition) is 0. The molecule has 2 aromatic rings. The summed E-state index contributed by atoms with van der Waals surface area (Å²) in [6.07, 6.45) is 6.77. The summed E-state index contributed by atoms with van der Waals surface area (Å²) in [6, 6.07) is 17.2. The first kappa shape index (κ1) is 17.2. The number of benzene rings is 2. The number of allylic oxidation sites excluding steroid dienone is 2.